The lowest BCUT2D eigenvalue weighted by Gasteiger charge is -2.21. The number of anilines is 1. The van der Waals surface area contributed by atoms with Crippen LogP contribution in [-0.2, 0) is 27.3 Å². The number of methoxy groups -OCH3 is 1. The molecule has 0 radical (unpaired) electrons. The van der Waals surface area contributed by atoms with Crippen LogP contribution in [0.25, 0.3) is 0 Å². The molecule has 3 aromatic rings. The lowest BCUT2D eigenvalue weighted by atomic mass is 9.77. The summed E-state index contributed by atoms with van der Waals surface area (Å²) in [6.07, 6.45) is -0.0881. The molecule has 0 spiro atoms. The Kier molecular flexibility index (Phi) is 7.36. The summed E-state index contributed by atoms with van der Waals surface area (Å²) in [5, 5.41) is 2.95. The van der Waals surface area contributed by atoms with Gasteiger partial charge in [-0.2, -0.15) is 0 Å². The lowest BCUT2D eigenvalue weighted by molar-refractivity contribution is 0.0842. The molecule has 176 valence electrons. The van der Waals surface area contributed by atoms with E-state index in [0.717, 1.165) is 11.1 Å². The highest BCUT2D eigenvalue weighted by atomic mass is 16.7. The number of carbonyl (C=O) groups is 1. The second-order valence-electron chi connectivity index (χ2n) is 8.92. The Bertz CT molecular complexity index is 1120. The van der Waals surface area contributed by atoms with Gasteiger partial charge in [0.05, 0.1) is 32.0 Å². The Balaban J connectivity index is 1.38. The lowest BCUT2D eigenvalue weighted by Crippen LogP contribution is -2.36. The average molecular weight is 459 g/mol. The van der Waals surface area contributed by atoms with Crippen molar-refractivity contribution in [2.75, 3.05) is 12.4 Å². The van der Waals surface area contributed by atoms with Crippen molar-refractivity contribution in [3.8, 4) is 5.75 Å². The van der Waals surface area contributed by atoms with Crippen LogP contribution in [0, 0.1) is 0 Å². The van der Waals surface area contributed by atoms with Crippen molar-refractivity contribution in [1.82, 2.24) is 0 Å². The van der Waals surface area contributed by atoms with Gasteiger partial charge in [0.1, 0.15) is 5.75 Å². The normalized spacial score (nSPS) is 16.9. The zero-order chi connectivity index (χ0) is 24.1. The predicted octanol–water partition coefficient (Wildman–Crippen LogP) is 4.57. The van der Waals surface area contributed by atoms with Crippen LogP contribution in [0.2, 0.25) is 0 Å². The van der Waals surface area contributed by atoms with Crippen LogP contribution in [0.15, 0.2) is 72.8 Å². The summed E-state index contributed by atoms with van der Waals surface area (Å²) in [7, 11) is 0.996. The van der Waals surface area contributed by atoms with E-state index >= 15 is 0 Å². The van der Waals surface area contributed by atoms with Gasteiger partial charge in [0.15, 0.2) is 0 Å². The topological polar surface area (TPSA) is 66.0 Å². The van der Waals surface area contributed by atoms with Gasteiger partial charge in [-0.25, -0.2) is 0 Å². The molecule has 0 saturated carbocycles. The minimum absolute atomic E-state index is 0.0881. The highest BCUT2D eigenvalue weighted by Gasteiger charge is 2.45. The Labute approximate surface area is 201 Å². The van der Waals surface area contributed by atoms with Crippen LogP contribution in [-0.4, -0.2) is 31.8 Å². The van der Waals surface area contributed by atoms with Gasteiger partial charge in [-0.3, -0.25) is 4.79 Å². The standard InChI is InChI=1S/C27H30BNO5/c1-19-27(2,3)34-28(33-19)24-16-22(12-15-25(24)31-4)26(30)29-23-13-10-21(11-14-23)18-32-17-20-8-6-5-7-9-20/h5-16,19H,17-18H2,1-4H3,(H,29,30). The van der Waals surface area contributed by atoms with E-state index in [1.807, 2.05) is 75.4 Å². The molecule has 3 aromatic carbocycles. The Hall–Kier alpha value is -3.13. The first-order valence-electron chi connectivity index (χ1n) is 11.4. The van der Waals surface area contributed by atoms with Crippen LogP contribution < -0.4 is 15.5 Å². The van der Waals surface area contributed by atoms with Crippen molar-refractivity contribution in [3.63, 3.8) is 0 Å². The highest BCUT2D eigenvalue weighted by Crippen LogP contribution is 2.28. The molecule has 0 aromatic heterocycles. The van der Waals surface area contributed by atoms with E-state index in [9.17, 15) is 4.79 Å². The van der Waals surface area contributed by atoms with Crippen molar-refractivity contribution < 1.29 is 23.6 Å². The number of hydrogen-bond donors (Lipinski definition) is 1. The summed E-state index contributed by atoms with van der Waals surface area (Å²) in [5.74, 6) is 0.397. The van der Waals surface area contributed by atoms with Gasteiger partial charge in [0.2, 0.25) is 0 Å². The third-order valence-electron chi connectivity index (χ3n) is 6.06. The molecule has 1 heterocycles. The Morgan fingerprint density at radius 1 is 1.00 bits per heavy atom. The largest absolute Gasteiger partial charge is 0.498 e. The van der Waals surface area contributed by atoms with Crippen molar-refractivity contribution >= 4 is 24.2 Å². The molecule has 1 amide bonds. The third-order valence-corrected chi connectivity index (χ3v) is 6.06. The van der Waals surface area contributed by atoms with Gasteiger partial charge in [-0.15, -0.1) is 0 Å². The second kappa shape index (κ2) is 10.4. The number of carbonyl (C=O) groups excluding carboxylic acids is 1. The maximum atomic E-state index is 12.9. The van der Waals surface area contributed by atoms with Crippen LogP contribution >= 0.6 is 0 Å². The fourth-order valence-electron chi connectivity index (χ4n) is 3.69. The number of ether oxygens (including phenoxy) is 2. The summed E-state index contributed by atoms with van der Waals surface area (Å²) in [5.41, 5.74) is 3.64. The zero-order valence-corrected chi connectivity index (χ0v) is 20.0. The van der Waals surface area contributed by atoms with Crippen LogP contribution in [0.4, 0.5) is 5.69 Å². The number of amides is 1. The van der Waals surface area contributed by atoms with E-state index in [2.05, 4.69) is 5.32 Å². The Morgan fingerprint density at radius 2 is 1.68 bits per heavy atom. The predicted molar refractivity (Wildman–Crippen MR) is 133 cm³/mol. The summed E-state index contributed by atoms with van der Waals surface area (Å²) in [4.78, 5) is 12.9. The quantitative estimate of drug-likeness (QED) is 0.500. The van der Waals surface area contributed by atoms with E-state index in [0.29, 0.717) is 35.7 Å². The van der Waals surface area contributed by atoms with E-state index in [-0.39, 0.29) is 12.0 Å². The van der Waals surface area contributed by atoms with E-state index in [1.165, 1.54) is 0 Å². The van der Waals surface area contributed by atoms with Gasteiger partial charge in [0.25, 0.3) is 5.91 Å². The molecule has 1 N–H and O–H groups in total. The van der Waals surface area contributed by atoms with Gasteiger partial charge >= 0.3 is 7.12 Å². The van der Waals surface area contributed by atoms with Crippen molar-refractivity contribution in [2.24, 2.45) is 0 Å². The minimum Gasteiger partial charge on any atom is -0.497 e. The molecule has 1 aliphatic heterocycles. The Morgan fingerprint density at radius 3 is 2.29 bits per heavy atom. The molecule has 34 heavy (non-hydrogen) atoms. The molecule has 1 aliphatic rings. The monoisotopic (exact) mass is 459 g/mol. The molecular formula is C27H30BNO5. The fraction of sp³-hybridized carbons (Fsp3) is 0.296. The smallest absolute Gasteiger partial charge is 0.497 e. The molecule has 0 aliphatic carbocycles. The second-order valence-corrected chi connectivity index (χ2v) is 8.92. The molecular weight excluding hydrogens is 429 g/mol. The first-order valence-corrected chi connectivity index (χ1v) is 11.4. The maximum absolute atomic E-state index is 12.9. The first-order chi connectivity index (χ1) is 16.4. The van der Waals surface area contributed by atoms with E-state index in [1.54, 1.807) is 25.3 Å². The first kappa shape index (κ1) is 24.0. The van der Waals surface area contributed by atoms with Crippen LogP contribution in [0.5, 0.6) is 5.75 Å². The number of benzene rings is 3. The maximum Gasteiger partial charge on any atom is 0.498 e. The molecule has 1 atom stereocenters. The van der Waals surface area contributed by atoms with Crippen molar-refractivity contribution in [3.05, 3.63) is 89.5 Å². The van der Waals surface area contributed by atoms with Crippen LogP contribution in [0.1, 0.15) is 42.3 Å². The van der Waals surface area contributed by atoms with Gasteiger partial charge in [0, 0.05) is 16.7 Å². The third kappa shape index (κ3) is 5.68. The van der Waals surface area contributed by atoms with Crippen molar-refractivity contribution in [1.29, 1.82) is 0 Å². The fourth-order valence-corrected chi connectivity index (χ4v) is 3.69. The van der Waals surface area contributed by atoms with Crippen molar-refractivity contribution in [2.45, 2.75) is 45.7 Å². The average Bonchev–Trinajstić information content (AvgIpc) is 3.12. The van der Waals surface area contributed by atoms with Gasteiger partial charge < -0.3 is 24.1 Å². The molecule has 1 fully saturated rings. The van der Waals surface area contributed by atoms with Gasteiger partial charge in [-0.05, 0) is 62.2 Å². The van der Waals surface area contributed by atoms with Crippen LogP contribution in [0.3, 0.4) is 0 Å². The molecule has 6 nitrogen and oxygen atoms in total. The zero-order valence-electron chi connectivity index (χ0n) is 20.0. The number of rotatable bonds is 8. The van der Waals surface area contributed by atoms with Gasteiger partial charge in [-0.1, -0.05) is 42.5 Å². The molecule has 1 unspecified atom stereocenters. The molecule has 0 bridgehead atoms. The molecule has 4 rings (SSSR count). The number of hydrogen-bond acceptors (Lipinski definition) is 5. The summed E-state index contributed by atoms with van der Waals surface area (Å²) in [6.45, 7) is 7.00. The minimum atomic E-state index is -0.595. The summed E-state index contributed by atoms with van der Waals surface area (Å²) in [6, 6.07) is 23.0. The molecule has 1 saturated heterocycles. The highest BCUT2D eigenvalue weighted by molar-refractivity contribution is 6.63. The van der Waals surface area contributed by atoms with E-state index < -0.39 is 12.7 Å². The molecule has 7 heteroatoms. The summed E-state index contributed by atoms with van der Waals surface area (Å²) < 4.78 is 23.3. The van der Waals surface area contributed by atoms with E-state index in [4.69, 9.17) is 18.8 Å². The number of nitrogens with one attached hydrogen (secondary N) is 1. The summed E-state index contributed by atoms with van der Waals surface area (Å²) >= 11 is 0. The SMILES string of the molecule is COc1ccc(C(=O)Nc2ccc(COCc3ccccc3)cc2)cc1B1OC(C)C(C)(C)O1.